The molecule has 0 bridgehead atoms. The normalized spacial score (nSPS) is 15.9. The Bertz CT molecular complexity index is 358. The van der Waals surface area contributed by atoms with Crippen molar-refractivity contribution in [3.05, 3.63) is 23.3 Å². The van der Waals surface area contributed by atoms with Crippen LogP contribution in [0.2, 0.25) is 0 Å². The van der Waals surface area contributed by atoms with Crippen LogP contribution in [0.3, 0.4) is 0 Å². The molecule has 0 aliphatic carbocycles. The number of aliphatic hydroxyl groups excluding tert-OH is 2. The van der Waals surface area contributed by atoms with Crippen molar-refractivity contribution >= 4 is 5.97 Å². The van der Waals surface area contributed by atoms with E-state index in [4.69, 9.17) is 10.2 Å². The van der Waals surface area contributed by atoms with Gasteiger partial charge in [0.2, 0.25) is 0 Å². The lowest BCUT2D eigenvalue weighted by Crippen LogP contribution is -2.08. The number of hydrogen-bond acceptors (Lipinski definition) is 3. The summed E-state index contributed by atoms with van der Waals surface area (Å²) in [5.41, 5.74) is 1.96. The minimum absolute atomic E-state index is 0.0464. The van der Waals surface area contributed by atoms with Crippen LogP contribution < -0.4 is 0 Å². The maximum absolute atomic E-state index is 10.5. The van der Waals surface area contributed by atoms with E-state index in [9.17, 15) is 9.90 Å². The first kappa shape index (κ1) is 19.9. The smallest absolute Gasteiger partial charge is 0.328 e. The summed E-state index contributed by atoms with van der Waals surface area (Å²) in [6.07, 6.45) is 8.09. The van der Waals surface area contributed by atoms with Gasteiger partial charge in [0.25, 0.3) is 0 Å². The molecule has 0 fully saturated rings. The Balaban J connectivity index is 3.95. The number of allylic oxidation sites excluding steroid dienone is 3. The van der Waals surface area contributed by atoms with Crippen molar-refractivity contribution in [3.8, 4) is 0 Å². The van der Waals surface area contributed by atoms with E-state index in [1.54, 1.807) is 6.92 Å². The molecule has 0 aromatic rings. The van der Waals surface area contributed by atoms with Crippen LogP contribution in [0.4, 0.5) is 0 Å². The van der Waals surface area contributed by atoms with Crippen molar-refractivity contribution < 1.29 is 20.1 Å². The van der Waals surface area contributed by atoms with Crippen LogP contribution in [0, 0.1) is 5.92 Å². The van der Waals surface area contributed by atoms with Crippen molar-refractivity contribution in [1.29, 1.82) is 0 Å². The van der Waals surface area contributed by atoms with Gasteiger partial charge in [-0.2, -0.15) is 0 Å². The SMILES string of the molecule is CC(=C\C(=O)O)/C=C(\C)C[C@H](C)CCCC[C@H](O)CCO. The van der Waals surface area contributed by atoms with E-state index >= 15 is 0 Å². The molecule has 21 heavy (non-hydrogen) atoms. The summed E-state index contributed by atoms with van der Waals surface area (Å²) < 4.78 is 0. The average Bonchev–Trinajstić information content (AvgIpc) is 2.33. The molecule has 3 N–H and O–H groups in total. The van der Waals surface area contributed by atoms with Crippen LogP contribution in [0.15, 0.2) is 23.3 Å². The van der Waals surface area contributed by atoms with Crippen molar-refractivity contribution in [3.63, 3.8) is 0 Å². The fourth-order valence-corrected chi connectivity index (χ4v) is 2.50. The molecule has 0 spiro atoms. The molecule has 0 saturated heterocycles. The summed E-state index contributed by atoms with van der Waals surface area (Å²) in [6, 6.07) is 0. The summed E-state index contributed by atoms with van der Waals surface area (Å²) in [4.78, 5) is 10.5. The number of aliphatic carboxylic acids is 1. The maximum Gasteiger partial charge on any atom is 0.328 e. The minimum Gasteiger partial charge on any atom is -0.478 e. The standard InChI is InChI=1S/C17H30O4/c1-13(6-4-5-7-16(19)8-9-18)10-14(2)11-15(3)12-17(20)21/h11-13,16,18-19H,4-10H2,1-3H3,(H,20,21)/b14-11+,15-12+/t13-,16+/m1/s1. The highest BCUT2D eigenvalue weighted by Gasteiger charge is 2.06. The molecule has 0 saturated carbocycles. The Morgan fingerprint density at radius 1 is 1.10 bits per heavy atom. The molecule has 0 aromatic heterocycles. The first-order valence-corrected chi connectivity index (χ1v) is 7.72. The third-order valence-corrected chi connectivity index (χ3v) is 3.44. The topological polar surface area (TPSA) is 77.8 Å². The predicted octanol–water partition coefficient (Wildman–Crippen LogP) is 3.29. The summed E-state index contributed by atoms with van der Waals surface area (Å²) >= 11 is 0. The number of rotatable bonds is 11. The van der Waals surface area contributed by atoms with E-state index in [1.165, 1.54) is 11.6 Å². The zero-order chi connectivity index (χ0) is 16.3. The zero-order valence-corrected chi connectivity index (χ0v) is 13.5. The zero-order valence-electron chi connectivity index (χ0n) is 13.5. The molecule has 0 aliphatic heterocycles. The molecule has 4 heteroatoms. The Morgan fingerprint density at radius 3 is 2.29 bits per heavy atom. The summed E-state index contributed by atoms with van der Waals surface area (Å²) in [7, 11) is 0. The van der Waals surface area contributed by atoms with Gasteiger partial charge in [-0.1, -0.05) is 37.8 Å². The van der Waals surface area contributed by atoms with Gasteiger partial charge in [0.15, 0.2) is 0 Å². The van der Waals surface area contributed by atoms with Crippen molar-refractivity contribution in [2.24, 2.45) is 5.92 Å². The molecule has 0 rings (SSSR count). The van der Waals surface area contributed by atoms with Crippen LogP contribution in [-0.4, -0.2) is 34.0 Å². The minimum atomic E-state index is -0.911. The van der Waals surface area contributed by atoms with E-state index in [1.807, 2.05) is 13.0 Å². The van der Waals surface area contributed by atoms with Gasteiger partial charge in [-0.25, -0.2) is 4.79 Å². The number of unbranched alkanes of at least 4 members (excludes halogenated alkanes) is 1. The highest BCUT2D eigenvalue weighted by molar-refractivity contribution is 5.81. The highest BCUT2D eigenvalue weighted by atomic mass is 16.4. The lowest BCUT2D eigenvalue weighted by atomic mass is 9.94. The van der Waals surface area contributed by atoms with E-state index in [0.29, 0.717) is 12.3 Å². The largest absolute Gasteiger partial charge is 0.478 e. The third-order valence-electron chi connectivity index (χ3n) is 3.44. The molecular weight excluding hydrogens is 268 g/mol. The van der Waals surface area contributed by atoms with E-state index in [-0.39, 0.29) is 12.7 Å². The Morgan fingerprint density at radius 2 is 1.71 bits per heavy atom. The Hall–Kier alpha value is -1.13. The van der Waals surface area contributed by atoms with Crippen LogP contribution >= 0.6 is 0 Å². The lowest BCUT2D eigenvalue weighted by molar-refractivity contribution is -0.131. The first-order valence-electron chi connectivity index (χ1n) is 7.72. The fourth-order valence-electron chi connectivity index (χ4n) is 2.50. The molecule has 0 unspecified atom stereocenters. The summed E-state index contributed by atoms with van der Waals surface area (Å²) in [5.74, 6) is -0.361. The van der Waals surface area contributed by atoms with Crippen LogP contribution in [0.5, 0.6) is 0 Å². The Labute approximate surface area is 128 Å². The van der Waals surface area contributed by atoms with Gasteiger partial charge in [-0.3, -0.25) is 0 Å². The maximum atomic E-state index is 10.5. The third kappa shape index (κ3) is 12.3. The molecule has 122 valence electrons. The number of carboxylic acid groups (broad SMARTS) is 1. The van der Waals surface area contributed by atoms with Gasteiger partial charge in [-0.15, -0.1) is 0 Å². The van der Waals surface area contributed by atoms with Crippen molar-refractivity contribution in [2.75, 3.05) is 6.61 Å². The highest BCUT2D eigenvalue weighted by Crippen LogP contribution is 2.19. The Kier molecular flexibility index (Phi) is 10.9. The molecule has 0 aliphatic rings. The number of hydrogen-bond donors (Lipinski definition) is 3. The molecule has 0 radical (unpaired) electrons. The molecule has 0 heterocycles. The van der Waals surface area contributed by atoms with Gasteiger partial charge in [-0.05, 0) is 44.6 Å². The van der Waals surface area contributed by atoms with Crippen LogP contribution in [0.25, 0.3) is 0 Å². The number of aliphatic hydroxyl groups is 2. The molecule has 0 aromatic carbocycles. The molecule has 4 nitrogen and oxygen atoms in total. The van der Waals surface area contributed by atoms with Gasteiger partial charge >= 0.3 is 5.97 Å². The van der Waals surface area contributed by atoms with E-state index in [2.05, 4.69) is 6.92 Å². The average molecular weight is 298 g/mol. The van der Waals surface area contributed by atoms with Gasteiger partial charge < -0.3 is 15.3 Å². The van der Waals surface area contributed by atoms with Gasteiger partial charge in [0.05, 0.1) is 6.10 Å². The second-order valence-electron chi connectivity index (χ2n) is 5.98. The van der Waals surface area contributed by atoms with Crippen LogP contribution in [0.1, 0.15) is 59.3 Å². The number of carboxylic acids is 1. The van der Waals surface area contributed by atoms with Crippen LogP contribution in [-0.2, 0) is 4.79 Å². The monoisotopic (exact) mass is 298 g/mol. The van der Waals surface area contributed by atoms with Gasteiger partial charge in [0, 0.05) is 12.7 Å². The summed E-state index contributed by atoms with van der Waals surface area (Å²) in [5, 5.41) is 26.9. The van der Waals surface area contributed by atoms with Crippen molar-refractivity contribution in [2.45, 2.75) is 65.4 Å². The van der Waals surface area contributed by atoms with Gasteiger partial charge in [0.1, 0.15) is 0 Å². The molecule has 0 amide bonds. The summed E-state index contributed by atoms with van der Waals surface area (Å²) in [6.45, 7) is 6.06. The molecular formula is C17H30O4. The molecule has 2 atom stereocenters. The first-order chi connectivity index (χ1) is 9.85. The quantitative estimate of drug-likeness (QED) is 0.311. The number of carbonyl (C=O) groups is 1. The van der Waals surface area contributed by atoms with Crippen molar-refractivity contribution in [1.82, 2.24) is 0 Å². The van der Waals surface area contributed by atoms with E-state index < -0.39 is 5.97 Å². The second kappa shape index (κ2) is 11.5. The second-order valence-corrected chi connectivity index (χ2v) is 5.98. The van der Waals surface area contributed by atoms with E-state index in [0.717, 1.165) is 37.7 Å². The lowest BCUT2D eigenvalue weighted by Gasteiger charge is -2.13. The fraction of sp³-hybridized carbons (Fsp3) is 0.706. The predicted molar refractivity (Wildman–Crippen MR) is 85.1 cm³/mol.